The summed E-state index contributed by atoms with van der Waals surface area (Å²) in [6.07, 6.45) is 3.94. The number of carbonyl (C=O) groups excluding carboxylic acids is 1. The molecule has 7 nitrogen and oxygen atoms in total. The van der Waals surface area contributed by atoms with Gasteiger partial charge in [-0.3, -0.25) is 4.79 Å². The van der Waals surface area contributed by atoms with Crippen LogP contribution >= 0.6 is 0 Å². The Kier molecular flexibility index (Phi) is 5.41. The zero-order valence-corrected chi connectivity index (χ0v) is 14.3. The molecule has 0 saturated carbocycles. The topological polar surface area (TPSA) is 84.0 Å². The molecule has 0 radical (unpaired) electrons. The maximum atomic E-state index is 12.4. The third-order valence-corrected chi connectivity index (χ3v) is 4.45. The standard InChI is InChI=1S/C18H21N5O2/c1-25-13-16-11-23(21-20-16)17-8-9-22(12-17)18(24)7-6-14-2-4-15(10-19)5-3-14/h2-5,11,17H,6-9,12-13H2,1H3/t17-/m0/s1. The van der Waals surface area contributed by atoms with E-state index in [4.69, 9.17) is 10.00 Å². The number of rotatable bonds is 6. The van der Waals surface area contributed by atoms with Crippen molar-refractivity contribution in [2.45, 2.75) is 31.9 Å². The third kappa shape index (κ3) is 4.22. The van der Waals surface area contributed by atoms with Gasteiger partial charge < -0.3 is 9.64 Å². The van der Waals surface area contributed by atoms with Crippen LogP contribution in [0.3, 0.4) is 0 Å². The van der Waals surface area contributed by atoms with Crippen molar-refractivity contribution in [1.29, 1.82) is 5.26 Å². The lowest BCUT2D eigenvalue weighted by Crippen LogP contribution is -2.29. The number of carbonyl (C=O) groups is 1. The van der Waals surface area contributed by atoms with Crippen LogP contribution in [0.5, 0.6) is 0 Å². The van der Waals surface area contributed by atoms with E-state index >= 15 is 0 Å². The van der Waals surface area contributed by atoms with Gasteiger partial charge in [0.25, 0.3) is 0 Å². The monoisotopic (exact) mass is 339 g/mol. The van der Waals surface area contributed by atoms with Crippen LogP contribution in [-0.4, -0.2) is 46.0 Å². The van der Waals surface area contributed by atoms with Gasteiger partial charge in [-0.15, -0.1) is 5.10 Å². The summed E-state index contributed by atoms with van der Waals surface area (Å²) >= 11 is 0. The minimum atomic E-state index is 0.157. The maximum absolute atomic E-state index is 12.4. The Morgan fingerprint density at radius 3 is 2.92 bits per heavy atom. The lowest BCUT2D eigenvalue weighted by Gasteiger charge is -2.16. The summed E-state index contributed by atoms with van der Waals surface area (Å²) in [5.74, 6) is 0.157. The quantitative estimate of drug-likeness (QED) is 0.800. The molecule has 25 heavy (non-hydrogen) atoms. The maximum Gasteiger partial charge on any atom is 0.222 e. The number of aromatic nitrogens is 3. The second-order valence-electron chi connectivity index (χ2n) is 6.21. The van der Waals surface area contributed by atoms with Gasteiger partial charge in [0.1, 0.15) is 5.69 Å². The van der Waals surface area contributed by atoms with E-state index in [-0.39, 0.29) is 11.9 Å². The molecule has 1 amide bonds. The highest BCUT2D eigenvalue weighted by Gasteiger charge is 2.27. The average molecular weight is 339 g/mol. The Morgan fingerprint density at radius 2 is 2.20 bits per heavy atom. The van der Waals surface area contributed by atoms with E-state index in [9.17, 15) is 4.79 Å². The van der Waals surface area contributed by atoms with Crippen LogP contribution in [0, 0.1) is 11.3 Å². The number of aryl methyl sites for hydroxylation is 1. The zero-order valence-electron chi connectivity index (χ0n) is 14.3. The van der Waals surface area contributed by atoms with E-state index < -0.39 is 0 Å². The molecule has 1 fully saturated rings. The van der Waals surface area contributed by atoms with Crippen molar-refractivity contribution in [3.63, 3.8) is 0 Å². The molecule has 1 saturated heterocycles. The molecule has 0 bridgehead atoms. The van der Waals surface area contributed by atoms with Crippen molar-refractivity contribution < 1.29 is 9.53 Å². The minimum absolute atomic E-state index is 0.157. The van der Waals surface area contributed by atoms with Gasteiger partial charge in [-0.1, -0.05) is 17.3 Å². The van der Waals surface area contributed by atoms with Gasteiger partial charge in [0.15, 0.2) is 0 Å². The van der Waals surface area contributed by atoms with Crippen molar-refractivity contribution in [2.24, 2.45) is 0 Å². The van der Waals surface area contributed by atoms with Crippen molar-refractivity contribution in [2.75, 3.05) is 20.2 Å². The van der Waals surface area contributed by atoms with Gasteiger partial charge in [0, 0.05) is 26.6 Å². The van der Waals surface area contributed by atoms with E-state index in [0.29, 0.717) is 31.6 Å². The molecule has 0 aliphatic carbocycles. The fourth-order valence-electron chi connectivity index (χ4n) is 3.05. The van der Waals surface area contributed by atoms with Gasteiger partial charge >= 0.3 is 0 Å². The summed E-state index contributed by atoms with van der Waals surface area (Å²) in [5.41, 5.74) is 2.51. The van der Waals surface area contributed by atoms with Crippen LogP contribution in [0.2, 0.25) is 0 Å². The summed E-state index contributed by atoms with van der Waals surface area (Å²) in [4.78, 5) is 14.3. The second kappa shape index (κ2) is 7.90. The Labute approximate surface area is 146 Å². The Hall–Kier alpha value is -2.72. The van der Waals surface area contributed by atoms with Gasteiger partial charge in [-0.05, 0) is 30.5 Å². The molecule has 130 valence electrons. The summed E-state index contributed by atoms with van der Waals surface area (Å²) in [5, 5.41) is 17.0. The molecule has 3 rings (SSSR count). The first kappa shape index (κ1) is 17.1. The molecule has 0 spiro atoms. The van der Waals surface area contributed by atoms with E-state index in [1.165, 1.54) is 0 Å². The van der Waals surface area contributed by atoms with Crippen molar-refractivity contribution in [3.8, 4) is 6.07 Å². The predicted octanol–water partition coefficient (Wildman–Crippen LogP) is 1.70. The number of nitrogens with zero attached hydrogens (tertiary/aromatic N) is 5. The number of benzene rings is 1. The Morgan fingerprint density at radius 1 is 1.40 bits per heavy atom. The van der Waals surface area contributed by atoms with E-state index in [1.54, 1.807) is 19.2 Å². The fraction of sp³-hybridized carbons (Fsp3) is 0.444. The smallest absolute Gasteiger partial charge is 0.222 e. The van der Waals surface area contributed by atoms with Crippen LogP contribution in [0.15, 0.2) is 30.5 Å². The summed E-state index contributed by atoms with van der Waals surface area (Å²) in [6, 6.07) is 9.66. The number of methoxy groups -OCH3 is 1. The zero-order chi connectivity index (χ0) is 17.6. The van der Waals surface area contributed by atoms with E-state index in [2.05, 4.69) is 16.4 Å². The lowest BCUT2D eigenvalue weighted by atomic mass is 10.1. The van der Waals surface area contributed by atoms with Gasteiger partial charge in [-0.2, -0.15) is 5.26 Å². The van der Waals surface area contributed by atoms with Gasteiger partial charge in [0.05, 0.1) is 30.5 Å². The molecule has 1 aliphatic heterocycles. The Balaban J connectivity index is 1.50. The number of amides is 1. The number of nitriles is 1. The van der Waals surface area contributed by atoms with Gasteiger partial charge in [-0.25, -0.2) is 4.68 Å². The number of hydrogen-bond donors (Lipinski definition) is 0. The molecule has 1 aromatic heterocycles. The molecule has 0 unspecified atom stereocenters. The molecule has 1 aromatic carbocycles. The largest absolute Gasteiger partial charge is 0.378 e. The molecule has 1 atom stereocenters. The van der Waals surface area contributed by atoms with Crippen LogP contribution in [0.1, 0.15) is 35.7 Å². The second-order valence-corrected chi connectivity index (χ2v) is 6.21. The predicted molar refractivity (Wildman–Crippen MR) is 90.4 cm³/mol. The highest BCUT2D eigenvalue weighted by atomic mass is 16.5. The summed E-state index contributed by atoms with van der Waals surface area (Å²) in [7, 11) is 1.63. The number of likely N-dealkylation sites (tertiary alicyclic amines) is 1. The van der Waals surface area contributed by atoms with E-state index in [0.717, 1.165) is 24.2 Å². The normalized spacial score (nSPS) is 16.8. The van der Waals surface area contributed by atoms with Crippen molar-refractivity contribution >= 4 is 5.91 Å². The third-order valence-electron chi connectivity index (χ3n) is 4.45. The van der Waals surface area contributed by atoms with Crippen molar-refractivity contribution in [1.82, 2.24) is 19.9 Å². The summed E-state index contributed by atoms with van der Waals surface area (Å²) < 4.78 is 6.89. The van der Waals surface area contributed by atoms with Crippen LogP contribution in [0.25, 0.3) is 0 Å². The lowest BCUT2D eigenvalue weighted by molar-refractivity contribution is -0.130. The molecule has 1 aliphatic rings. The molecular weight excluding hydrogens is 318 g/mol. The fourth-order valence-corrected chi connectivity index (χ4v) is 3.05. The van der Waals surface area contributed by atoms with Crippen LogP contribution in [-0.2, 0) is 22.6 Å². The first-order valence-corrected chi connectivity index (χ1v) is 8.36. The highest BCUT2D eigenvalue weighted by Crippen LogP contribution is 2.22. The molecular formula is C18H21N5O2. The van der Waals surface area contributed by atoms with Crippen LogP contribution < -0.4 is 0 Å². The molecule has 0 N–H and O–H groups in total. The number of hydrogen-bond acceptors (Lipinski definition) is 5. The van der Waals surface area contributed by atoms with Crippen LogP contribution in [0.4, 0.5) is 0 Å². The molecule has 7 heteroatoms. The minimum Gasteiger partial charge on any atom is -0.378 e. The summed E-state index contributed by atoms with van der Waals surface area (Å²) in [6.45, 7) is 1.86. The van der Waals surface area contributed by atoms with Crippen molar-refractivity contribution in [3.05, 3.63) is 47.3 Å². The SMILES string of the molecule is COCc1cn([C@H]2CCN(C(=O)CCc3ccc(C#N)cc3)C2)nn1. The highest BCUT2D eigenvalue weighted by molar-refractivity contribution is 5.76. The molecule has 2 heterocycles. The average Bonchev–Trinajstić information content (AvgIpc) is 3.30. The Bertz CT molecular complexity index is 763. The van der Waals surface area contributed by atoms with E-state index in [1.807, 2.05) is 27.9 Å². The van der Waals surface area contributed by atoms with Gasteiger partial charge in [0.2, 0.25) is 5.91 Å². The first-order chi connectivity index (χ1) is 12.2. The molecule has 2 aromatic rings. The first-order valence-electron chi connectivity index (χ1n) is 8.36. The number of ether oxygens (including phenoxy) is 1.